The van der Waals surface area contributed by atoms with Crippen molar-refractivity contribution in [2.75, 3.05) is 47.7 Å². The van der Waals surface area contributed by atoms with Gasteiger partial charge in [-0.3, -0.25) is 0 Å². The van der Waals surface area contributed by atoms with E-state index in [0.717, 1.165) is 117 Å². The molecule has 0 heterocycles. The van der Waals surface area contributed by atoms with Gasteiger partial charge >= 0.3 is 11.9 Å². The molecule has 8 aromatic rings. The van der Waals surface area contributed by atoms with Crippen LogP contribution in [0.25, 0.3) is 10.8 Å². The standard InChI is InChI=1S/C86H107NO10/c1-81(2,3)66-37-54-31-60-43-69(84(10,11)12)44-61(78(60)95-30-29-87-49-53-27-24-26-52-25-22-23-28-72(52)53)32-55-38-67(82(4,5)6)40-57(76(55)93-20)34-63-46-71(86(16,17)18)48-65(80(63)97-51-74(90)91)36-59-42-68(83(7,8)9)41-58(77(59)94-21)35-64-47-70(85(13,14)15)45-62(79(64)96-50-73(88)89)33-56(39-66)75(54)92-19/h22-28,37-48,87H,29-36,49-51H2,1-21H3,(H,88,89)(H,90,91). The second-order valence-electron chi connectivity index (χ2n) is 32.9. The van der Waals surface area contributed by atoms with Crippen LogP contribution < -0.4 is 33.7 Å². The number of ether oxygens (including phenoxy) is 6. The van der Waals surface area contributed by atoms with Crippen molar-refractivity contribution in [1.29, 1.82) is 0 Å². The first kappa shape index (κ1) is 73.0. The van der Waals surface area contributed by atoms with Gasteiger partial charge in [0.2, 0.25) is 0 Å². The van der Waals surface area contributed by atoms with Crippen LogP contribution in [0.5, 0.6) is 34.5 Å². The smallest absolute Gasteiger partial charge is 0.341 e. The molecule has 97 heavy (non-hydrogen) atoms. The van der Waals surface area contributed by atoms with Gasteiger partial charge in [0.05, 0.1) is 21.3 Å². The fraction of sp³-hybridized carbons (Fsp3) is 0.442. The molecule has 0 atom stereocenters. The van der Waals surface area contributed by atoms with E-state index in [1.165, 1.54) is 16.3 Å². The summed E-state index contributed by atoms with van der Waals surface area (Å²) in [5.74, 6) is 1.72. The van der Waals surface area contributed by atoms with E-state index in [9.17, 15) is 19.8 Å². The SMILES string of the molecule is COc1c2cc(C(C)(C)C)cc1Cc1cc(C(C)(C)C)cc(c1OCC(=O)O)Cc1cc(C(C)(C)C)cc(c1OC)Cc1cc(C(C)(C)C)cc(c1OCC(=O)O)Cc1cc(C(C)(C)C)cc(c1OC)Cc1cc(C(C)(C)C)cc(c1OCCNCc1cccc3ccccc13)C2. The predicted molar refractivity (Wildman–Crippen MR) is 395 cm³/mol. The number of nitrogens with one attached hydrogen (secondary N) is 1. The quantitative estimate of drug-likeness (QED) is 0.0845. The summed E-state index contributed by atoms with van der Waals surface area (Å²) in [6.07, 6.45) is 2.26. The Kier molecular flexibility index (Phi) is 21.6. The zero-order chi connectivity index (χ0) is 70.9. The summed E-state index contributed by atoms with van der Waals surface area (Å²) >= 11 is 0. The number of methoxy groups -OCH3 is 3. The van der Waals surface area contributed by atoms with Gasteiger partial charge in [0.25, 0.3) is 0 Å². The molecule has 8 aromatic carbocycles. The molecule has 0 amide bonds. The van der Waals surface area contributed by atoms with Crippen molar-refractivity contribution in [1.82, 2.24) is 5.32 Å². The molecule has 0 unspecified atom stereocenters. The number of hydrogen-bond acceptors (Lipinski definition) is 9. The maximum absolute atomic E-state index is 12.8. The molecule has 1 aliphatic rings. The van der Waals surface area contributed by atoms with E-state index in [1.807, 2.05) is 0 Å². The molecule has 0 aromatic heterocycles. The molecule has 0 aliphatic heterocycles. The molecule has 1 aliphatic carbocycles. The zero-order valence-electron chi connectivity index (χ0n) is 61.9. The number of rotatable bonds is 15. The van der Waals surface area contributed by atoms with Gasteiger partial charge in [-0.15, -0.1) is 0 Å². The van der Waals surface area contributed by atoms with Crippen molar-refractivity contribution >= 4 is 22.7 Å². The van der Waals surface area contributed by atoms with Crippen molar-refractivity contribution < 1.29 is 48.2 Å². The average molecular weight is 1310 g/mol. The van der Waals surface area contributed by atoms with Crippen LogP contribution in [0.15, 0.2) is 115 Å². The Bertz CT molecular complexity index is 4010. The first-order valence-corrected chi connectivity index (χ1v) is 34.4. The lowest BCUT2D eigenvalue weighted by Crippen LogP contribution is -2.22. The Morgan fingerprint density at radius 2 is 0.598 bits per heavy atom. The van der Waals surface area contributed by atoms with E-state index in [0.29, 0.717) is 75.5 Å². The molecule has 516 valence electrons. The largest absolute Gasteiger partial charge is 0.496 e. The van der Waals surface area contributed by atoms with E-state index >= 15 is 0 Å². The maximum Gasteiger partial charge on any atom is 0.341 e. The van der Waals surface area contributed by atoms with Crippen molar-refractivity contribution in [3.8, 4) is 34.5 Å². The fourth-order valence-electron chi connectivity index (χ4n) is 13.4. The highest BCUT2D eigenvalue weighted by molar-refractivity contribution is 5.85. The van der Waals surface area contributed by atoms with Gasteiger partial charge in [0, 0.05) is 51.6 Å². The number of benzene rings is 8. The lowest BCUT2D eigenvalue weighted by atomic mass is 9.79. The van der Waals surface area contributed by atoms with Gasteiger partial charge in [-0.2, -0.15) is 0 Å². The highest BCUT2D eigenvalue weighted by Crippen LogP contribution is 2.46. The van der Waals surface area contributed by atoms with Crippen molar-refractivity contribution in [2.45, 2.75) is 202 Å². The van der Waals surface area contributed by atoms with Crippen molar-refractivity contribution in [3.63, 3.8) is 0 Å². The molecule has 11 heteroatoms. The van der Waals surface area contributed by atoms with Gasteiger partial charge in [-0.05, 0) is 149 Å². The normalized spacial score (nSPS) is 13.4. The molecule has 3 N–H and O–H groups in total. The number of hydrogen-bond donors (Lipinski definition) is 3. The Labute approximate surface area is 578 Å². The number of carboxylic acids is 2. The molecule has 0 saturated carbocycles. The zero-order valence-corrected chi connectivity index (χ0v) is 61.9. The van der Waals surface area contributed by atoms with Crippen LogP contribution in [0.3, 0.4) is 0 Å². The fourth-order valence-corrected chi connectivity index (χ4v) is 13.4. The van der Waals surface area contributed by atoms with Crippen LogP contribution in [0.1, 0.15) is 230 Å². The monoisotopic (exact) mass is 1310 g/mol. The van der Waals surface area contributed by atoms with Gasteiger partial charge in [0.15, 0.2) is 13.2 Å². The van der Waals surface area contributed by atoms with Gasteiger partial charge in [-0.1, -0.05) is 240 Å². The van der Waals surface area contributed by atoms with Gasteiger partial charge < -0.3 is 44.0 Å². The Morgan fingerprint density at radius 1 is 0.351 bits per heavy atom. The molecule has 12 bridgehead atoms. The van der Waals surface area contributed by atoms with Crippen molar-refractivity contribution in [3.05, 3.63) is 221 Å². The number of fused-ring (bicyclic) bond motifs is 13. The summed E-state index contributed by atoms with van der Waals surface area (Å²) in [6.45, 7) is 40.5. The van der Waals surface area contributed by atoms with Crippen LogP contribution in [0, 0.1) is 0 Å². The second-order valence-corrected chi connectivity index (χ2v) is 32.9. The minimum atomic E-state index is -1.09. The highest BCUT2D eigenvalue weighted by Gasteiger charge is 2.32. The minimum absolute atomic E-state index is 0.293. The summed E-state index contributed by atoms with van der Waals surface area (Å²) in [5, 5.41) is 27.1. The molecular weight excluding hydrogens is 1210 g/mol. The molecule has 9 rings (SSSR count). The van der Waals surface area contributed by atoms with E-state index in [-0.39, 0.29) is 32.5 Å². The van der Waals surface area contributed by atoms with Crippen LogP contribution in [0.2, 0.25) is 0 Å². The Hall–Kier alpha value is -8.28. The molecule has 11 nitrogen and oxygen atoms in total. The molecule has 0 spiro atoms. The second kappa shape index (κ2) is 28.7. The summed E-state index contributed by atoms with van der Waals surface area (Å²) in [4.78, 5) is 25.6. The van der Waals surface area contributed by atoms with Gasteiger partial charge in [-0.25, -0.2) is 9.59 Å². The Morgan fingerprint density at radius 3 is 0.856 bits per heavy atom. The van der Waals surface area contributed by atoms with Crippen LogP contribution in [-0.2, 0) is 87.1 Å². The van der Waals surface area contributed by atoms with Crippen LogP contribution >= 0.6 is 0 Å². The van der Waals surface area contributed by atoms with Crippen LogP contribution in [-0.4, -0.2) is 69.8 Å². The van der Waals surface area contributed by atoms with E-state index in [1.54, 1.807) is 21.3 Å². The first-order valence-electron chi connectivity index (χ1n) is 34.4. The lowest BCUT2D eigenvalue weighted by molar-refractivity contribution is -0.140. The Balaban J connectivity index is 1.39. The first-order chi connectivity index (χ1) is 45.3. The lowest BCUT2D eigenvalue weighted by Gasteiger charge is -2.29. The number of carboxylic acid groups (broad SMARTS) is 2. The number of carbonyl (C=O) groups is 2. The maximum atomic E-state index is 12.8. The van der Waals surface area contributed by atoms with E-state index in [4.69, 9.17) is 28.4 Å². The predicted octanol–water partition coefficient (Wildman–Crippen LogP) is 18.6. The highest BCUT2D eigenvalue weighted by atomic mass is 16.5. The minimum Gasteiger partial charge on any atom is -0.496 e. The van der Waals surface area contributed by atoms with Crippen molar-refractivity contribution in [2.24, 2.45) is 0 Å². The van der Waals surface area contributed by atoms with Gasteiger partial charge in [0.1, 0.15) is 41.1 Å². The van der Waals surface area contributed by atoms with Crippen LogP contribution in [0.4, 0.5) is 0 Å². The third-order valence-electron chi connectivity index (χ3n) is 19.0. The summed E-state index contributed by atoms with van der Waals surface area (Å²) in [7, 11) is 5.20. The topological polar surface area (TPSA) is 142 Å². The third-order valence-corrected chi connectivity index (χ3v) is 19.0. The summed E-state index contributed by atoms with van der Waals surface area (Å²) in [6, 6.07) is 41.9. The van der Waals surface area contributed by atoms with E-state index < -0.39 is 25.2 Å². The molecule has 0 saturated heterocycles. The molecule has 0 fully saturated rings. The summed E-state index contributed by atoms with van der Waals surface area (Å²) in [5.41, 5.74) is 16.8. The summed E-state index contributed by atoms with van der Waals surface area (Å²) < 4.78 is 40.8. The number of aliphatic carboxylic acids is 2. The average Bonchev–Trinajstić information content (AvgIpc) is 0.774. The van der Waals surface area contributed by atoms with E-state index in [2.05, 4.69) is 245 Å². The third kappa shape index (κ3) is 17.4. The molecule has 0 radical (unpaired) electrons. The molecular formula is C86H107NO10.